The van der Waals surface area contributed by atoms with Crippen LogP contribution in [0.15, 0.2) is 42.5 Å². The molecule has 2 rings (SSSR count). The molecule has 0 aliphatic carbocycles. The maximum atomic E-state index is 12.5. The molecule has 0 bridgehead atoms. The van der Waals surface area contributed by atoms with Crippen molar-refractivity contribution in [1.29, 1.82) is 0 Å². The highest BCUT2D eigenvalue weighted by Crippen LogP contribution is 2.24. The molecule has 0 fully saturated rings. The molecule has 0 saturated carbocycles. The van der Waals surface area contributed by atoms with Crippen molar-refractivity contribution in [3.05, 3.63) is 74.8 Å². The largest absolute Gasteiger partial charge is 0.451 e. The van der Waals surface area contributed by atoms with Crippen LogP contribution >= 0.6 is 0 Å². The van der Waals surface area contributed by atoms with Crippen LogP contribution in [-0.2, 0) is 10.2 Å². The third-order valence-corrected chi connectivity index (χ3v) is 4.41. The lowest BCUT2D eigenvalue weighted by molar-refractivity contribution is -0.385. The first-order chi connectivity index (χ1) is 12.5. The number of nitro benzene ring substituents is 1. The summed E-state index contributed by atoms with van der Waals surface area (Å²) in [6.45, 7) is 9.21. The van der Waals surface area contributed by atoms with Crippen molar-refractivity contribution < 1.29 is 19.2 Å². The molecule has 2 aromatic rings. The third-order valence-electron chi connectivity index (χ3n) is 4.41. The van der Waals surface area contributed by atoms with E-state index in [1.165, 1.54) is 32.0 Å². The molecule has 6 nitrogen and oxygen atoms in total. The minimum atomic E-state index is -1.00. The number of hydrogen-bond donors (Lipinski definition) is 0. The first kappa shape index (κ1) is 20.3. The summed E-state index contributed by atoms with van der Waals surface area (Å²) in [4.78, 5) is 35.4. The van der Waals surface area contributed by atoms with Gasteiger partial charge in [-0.1, -0.05) is 51.1 Å². The standard InChI is InChI=1S/C21H23NO5/c1-13-17(7-6-8-18(13)22(25)26)20(24)27-14(2)19(23)15-9-11-16(12-10-15)21(3,4)5/h6-12,14H,1-5H3/t14-/m1/s1. The van der Waals surface area contributed by atoms with Crippen LogP contribution in [0.25, 0.3) is 0 Å². The van der Waals surface area contributed by atoms with Gasteiger partial charge < -0.3 is 4.74 Å². The van der Waals surface area contributed by atoms with Crippen molar-refractivity contribution in [2.75, 3.05) is 0 Å². The summed E-state index contributed by atoms with van der Waals surface area (Å²) < 4.78 is 5.25. The zero-order valence-electron chi connectivity index (χ0n) is 16.1. The number of rotatable bonds is 5. The van der Waals surface area contributed by atoms with Gasteiger partial charge in [0.25, 0.3) is 5.69 Å². The molecule has 0 N–H and O–H groups in total. The van der Waals surface area contributed by atoms with E-state index >= 15 is 0 Å². The molecule has 0 saturated heterocycles. The van der Waals surface area contributed by atoms with E-state index in [1.54, 1.807) is 12.1 Å². The smallest absolute Gasteiger partial charge is 0.339 e. The number of Topliss-reactive ketones (excluding diaryl/α,β-unsaturated/α-hetero) is 1. The Morgan fingerprint density at radius 2 is 1.67 bits per heavy atom. The molecule has 0 unspecified atom stereocenters. The number of carbonyl (C=O) groups is 2. The van der Waals surface area contributed by atoms with Gasteiger partial charge >= 0.3 is 5.97 Å². The minimum Gasteiger partial charge on any atom is -0.451 e. The van der Waals surface area contributed by atoms with E-state index in [-0.39, 0.29) is 28.0 Å². The molecule has 0 spiro atoms. The predicted molar refractivity (Wildman–Crippen MR) is 102 cm³/mol. The number of nitro groups is 1. The van der Waals surface area contributed by atoms with Crippen molar-refractivity contribution in [2.45, 2.75) is 46.1 Å². The topological polar surface area (TPSA) is 86.5 Å². The van der Waals surface area contributed by atoms with Gasteiger partial charge in [-0.15, -0.1) is 0 Å². The Morgan fingerprint density at radius 3 is 2.19 bits per heavy atom. The van der Waals surface area contributed by atoms with Gasteiger partial charge in [-0.05, 0) is 30.9 Å². The Morgan fingerprint density at radius 1 is 1.07 bits per heavy atom. The molecule has 0 radical (unpaired) electrons. The van der Waals surface area contributed by atoms with E-state index in [0.29, 0.717) is 5.56 Å². The van der Waals surface area contributed by atoms with Crippen LogP contribution in [0.4, 0.5) is 5.69 Å². The van der Waals surface area contributed by atoms with Crippen LogP contribution in [0.5, 0.6) is 0 Å². The van der Waals surface area contributed by atoms with E-state index in [9.17, 15) is 19.7 Å². The lowest BCUT2D eigenvalue weighted by atomic mass is 9.86. The van der Waals surface area contributed by atoms with Gasteiger partial charge in [-0.2, -0.15) is 0 Å². The van der Waals surface area contributed by atoms with Gasteiger partial charge in [0.05, 0.1) is 10.5 Å². The average molecular weight is 369 g/mol. The Labute approximate surface area is 158 Å². The Hall–Kier alpha value is -3.02. The molecular formula is C21H23NO5. The van der Waals surface area contributed by atoms with Crippen LogP contribution in [-0.4, -0.2) is 22.8 Å². The number of benzene rings is 2. The number of carbonyl (C=O) groups excluding carboxylic acids is 2. The molecule has 0 aliphatic rings. The van der Waals surface area contributed by atoms with Crippen LogP contribution in [0.3, 0.4) is 0 Å². The minimum absolute atomic E-state index is 0.0286. The Kier molecular flexibility index (Phi) is 5.78. The highest BCUT2D eigenvalue weighted by molar-refractivity contribution is 6.01. The van der Waals surface area contributed by atoms with Crippen molar-refractivity contribution in [3.63, 3.8) is 0 Å². The Bertz CT molecular complexity index is 878. The normalized spacial score (nSPS) is 12.3. The van der Waals surface area contributed by atoms with E-state index in [4.69, 9.17) is 4.74 Å². The summed E-state index contributed by atoms with van der Waals surface area (Å²) in [6, 6.07) is 11.4. The first-order valence-corrected chi connectivity index (χ1v) is 8.62. The van der Waals surface area contributed by atoms with Gasteiger partial charge in [-0.25, -0.2) is 4.79 Å². The SMILES string of the molecule is Cc1c(C(=O)O[C@H](C)C(=O)c2ccc(C(C)(C)C)cc2)cccc1[N+](=O)[O-]. The zero-order chi connectivity index (χ0) is 20.4. The summed E-state index contributed by atoms with van der Waals surface area (Å²) in [5, 5.41) is 11.0. The summed E-state index contributed by atoms with van der Waals surface area (Å²) in [5.74, 6) is -1.09. The van der Waals surface area contributed by atoms with Crippen molar-refractivity contribution >= 4 is 17.4 Å². The van der Waals surface area contributed by atoms with Crippen LogP contribution < -0.4 is 0 Å². The Balaban J connectivity index is 2.16. The second kappa shape index (κ2) is 7.70. The molecular weight excluding hydrogens is 346 g/mol. The maximum absolute atomic E-state index is 12.5. The molecule has 27 heavy (non-hydrogen) atoms. The zero-order valence-corrected chi connectivity index (χ0v) is 16.1. The second-order valence-corrected chi connectivity index (χ2v) is 7.45. The van der Waals surface area contributed by atoms with E-state index in [0.717, 1.165) is 5.56 Å². The van der Waals surface area contributed by atoms with Crippen molar-refractivity contribution in [3.8, 4) is 0 Å². The molecule has 0 heterocycles. The number of ether oxygens (including phenoxy) is 1. The number of hydrogen-bond acceptors (Lipinski definition) is 5. The summed E-state index contributed by atoms with van der Waals surface area (Å²) in [7, 11) is 0. The summed E-state index contributed by atoms with van der Waals surface area (Å²) in [6.07, 6.45) is -1.00. The van der Waals surface area contributed by atoms with Crippen LogP contribution in [0.2, 0.25) is 0 Å². The fourth-order valence-electron chi connectivity index (χ4n) is 2.69. The van der Waals surface area contributed by atoms with Crippen LogP contribution in [0.1, 0.15) is 59.5 Å². The summed E-state index contributed by atoms with van der Waals surface area (Å²) in [5.41, 5.74) is 1.63. The first-order valence-electron chi connectivity index (χ1n) is 8.62. The fourth-order valence-corrected chi connectivity index (χ4v) is 2.69. The quantitative estimate of drug-likeness (QED) is 0.332. The highest BCUT2D eigenvalue weighted by atomic mass is 16.6. The van der Waals surface area contributed by atoms with Gasteiger partial charge in [0, 0.05) is 17.2 Å². The van der Waals surface area contributed by atoms with Gasteiger partial charge in [0.2, 0.25) is 5.78 Å². The number of esters is 1. The molecule has 6 heteroatoms. The summed E-state index contributed by atoms with van der Waals surface area (Å²) >= 11 is 0. The van der Waals surface area contributed by atoms with Crippen molar-refractivity contribution in [2.24, 2.45) is 0 Å². The van der Waals surface area contributed by atoms with Crippen LogP contribution in [0, 0.1) is 17.0 Å². The van der Waals surface area contributed by atoms with Gasteiger partial charge in [0.15, 0.2) is 6.10 Å². The molecule has 1 atom stereocenters. The van der Waals surface area contributed by atoms with Crippen molar-refractivity contribution in [1.82, 2.24) is 0 Å². The van der Waals surface area contributed by atoms with E-state index in [1.807, 2.05) is 12.1 Å². The molecule has 0 aliphatic heterocycles. The fraction of sp³-hybridized carbons (Fsp3) is 0.333. The third kappa shape index (κ3) is 4.58. The number of ketones is 1. The maximum Gasteiger partial charge on any atom is 0.339 e. The molecule has 0 amide bonds. The molecule has 0 aromatic heterocycles. The van der Waals surface area contributed by atoms with Gasteiger partial charge in [0.1, 0.15) is 0 Å². The second-order valence-electron chi connectivity index (χ2n) is 7.45. The number of nitrogens with zero attached hydrogens (tertiary/aromatic N) is 1. The van der Waals surface area contributed by atoms with E-state index < -0.39 is 17.0 Å². The van der Waals surface area contributed by atoms with Gasteiger partial charge in [-0.3, -0.25) is 14.9 Å². The molecule has 142 valence electrons. The van der Waals surface area contributed by atoms with E-state index in [2.05, 4.69) is 20.8 Å². The molecule has 2 aromatic carbocycles. The lowest BCUT2D eigenvalue weighted by Crippen LogP contribution is -2.25. The average Bonchev–Trinajstić information content (AvgIpc) is 2.60. The lowest BCUT2D eigenvalue weighted by Gasteiger charge is -2.19. The predicted octanol–water partition coefficient (Wildman–Crippen LogP) is 4.63. The monoisotopic (exact) mass is 369 g/mol. The highest BCUT2D eigenvalue weighted by Gasteiger charge is 2.24.